The Balaban J connectivity index is 1.77. The van der Waals surface area contributed by atoms with Crippen LogP contribution >= 0.6 is 23.2 Å². The summed E-state index contributed by atoms with van der Waals surface area (Å²) in [5.74, 6) is 1.41. The van der Waals surface area contributed by atoms with E-state index in [-0.39, 0.29) is 0 Å². The van der Waals surface area contributed by atoms with Crippen LogP contribution in [0, 0.1) is 5.92 Å². The minimum atomic E-state index is 0.516. The Hall–Kier alpha value is -1.58. The van der Waals surface area contributed by atoms with Crippen molar-refractivity contribution in [2.24, 2.45) is 5.92 Å². The Labute approximate surface area is 147 Å². The predicted octanol–water partition coefficient (Wildman–Crippen LogP) is 5.55. The molecule has 0 amide bonds. The van der Waals surface area contributed by atoms with Crippen LogP contribution in [-0.2, 0) is 0 Å². The van der Waals surface area contributed by atoms with Gasteiger partial charge in [-0.2, -0.15) is 0 Å². The molecule has 0 aliphatic rings. The number of hydrogen-bond acceptors (Lipinski definition) is 3. The first-order valence-electron chi connectivity index (χ1n) is 7.70. The van der Waals surface area contributed by atoms with Crippen molar-refractivity contribution in [3.63, 3.8) is 0 Å². The molecule has 0 fully saturated rings. The van der Waals surface area contributed by atoms with Crippen molar-refractivity contribution in [3.8, 4) is 5.75 Å². The molecule has 0 saturated heterocycles. The lowest BCUT2D eigenvalue weighted by molar-refractivity contribution is 0.271. The molecule has 124 valence electrons. The molecular weight excluding hydrogens is 331 g/mol. The van der Waals surface area contributed by atoms with Crippen molar-refractivity contribution in [3.05, 3.63) is 52.5 Å². The highest BCUT2D eigenvalue weighted by Gasteiger charge is 2.00. The summed E-state index contributed by atoms with van der Waals surface area (Å²) in [6.45, 7) is 6.55. The standard InChI is InChI=1S/C18H22Cl2N2O/c1-13(2)12-23-16-5-3-4-14(10-16)21-8-9-22-15-6-7-17(19)18(20)11-15/h3-7,10-11,13,21-22H,8-9,12H2,1-2H3. The largest absolute Gasteiger partial charge is 0.493 e. The number of hydrogen-bond donors (Lipinski definition) is 2. The Morgan fingerprint density at radius 1 is 0.913 bits per heavy atom. The number of halogens is 2. The second-order valence-electron chi connectivity index (χ2n) is 5.72. The van der Waals surface area contributed by atoms with Crippen LogP contribution in [0.2, 0.25) is 10.0 Å². The van der Waals surface area contributed by atoms with Crippen molar-refractivity contribution < 1.29 is 4.74 Å². The van der Waals surface area contributed by atoms with Crippen molar-refractivity contribution in [2.45, 2.75) is 13.8 Å². The van der Waals surface area contributed by atoms with Gasteiger partial charge in [-0.05, 0) is 36.2 Å². The normalized spacial score (nSPS) is 10.7. The van der Waals surface area contributed by atoms with Crippen LogP contribution in [0.3, 0.4) is 0 Å². The van der Waals surface area contributed by atoms with Gasteiger partial charge in [-0.25, -0.2) is 0 Å². The van der Waals surface area contributed by atoms with Gasteiger partial charge < -0.3 is 15.4 Å². The third-order valence-corrected chi connectivity index (χ3v) is 3.86. The van der Waals surface area contributed by atoms with Gasteiger partial charge in [0.1, 0.15) is 5.75 Å². The highest BCUT2D eigenvalue weighted by atomic mass is 35.5. The molecule has 2 aromatic rings. The summed E-state index contributed by atoms with van der Waals surface area (Å²) < 4.78 is 5.73. The summed E-state index contributed by atoms with van der Waals surface area (Å²) in [5, 5.41) is 7.79. The zero-order valence-corrected chi connectivity index (χ0v) is 14.9. The summed E-state index contributed by atoms with van der Waals surface area (Å²) in [7, 11) is 0. The van der Waals surface area contributed by atoms with Crippen LogP contribution in [0.15, 0.2) is 42.5 Å². The first kappa shape index (κ1) is 17.8. The molecule has 5 heteroatoms. The summed E-state index contributed by atoms with van der Waals surface area (Å²) in [6, 6.07) is 13.5. The maximum atomic E-state index is 5.99. The van der Waals surface area contributed by atoms with Crippen LogP contribution in [0.1, 0.15) is 13.8 Å². The van der Waals surface area contributed by atoms with Crippen molar-refractivity contribution in [2.75, 3.05) is 30.3 Å². The van der Waals surface area contributed by atoms with Gasteiger partial charge in [-0.1, -0.05) is 43.1 Å². The third-order valence-electron chi connectivity index (χ3n) is 3.12. The van der Waals surface area contributed by atoms with Crippen LogP contribution < -0.4 is 15.4 Å². The van der Waals surface area contributed by atoms with Crippen LogP contribution in [0.25, 0.3) is 0 Å². The first-order valence-corrected chi connectivity index (χ1v) is 8.46. The van der Waals surface area contributed by atoms with E-state index in [4.69, 9.17) is 27.9 Å². The molecule has 0 radical (unpaired) electrons. The molecule has 0 aromatic heterocycles. The highest BCUT2D eigenvalue weighted by Crippen LogP contribution is 2.24. The average Bonchev–Trinajstić information content (AvgIpc) is 2.53. The van der Waals surface area contributed by atoms with E-state index in [0.29, 0.717) is 16.0 Å². The molecule has 2 aromatic carbocycles. The zero-order chi connectivity index (χ0) is 16.7. The molecular formula is C18H22Cl2N2O. The summed E-state index contributed by atoms with van der Waals surface area (Å²) >= 11 is 11.9. The second-order valence-corrected chi connectivity index (χ2v) is 6.53. The lowest BCUT2D eigenvalue weighted by Crippen LogP contribution is -2.13. The van der Waals surface area contributed by atoms with Gasteiger partial charge in [-0.15, -0.1) is 0 Å². The van der Waals surface area contributed by atoms with E-state index >= 15 is 0 Å². The van der Waals surface area contributed by atoms with Gasteiger partial charge in [0.15, 0.2) is 0 Å². The maximum Gasteiger partial charge on any atom is 0.121 e. The van der Waals surface area contributed by atoms with E-state index in [0.717, 1.165) is 36.8 Å². The van der Waals surface area contributed by atoms with E-state index in [2.05, 4.69) is 24.5 Å². The van der Waals surface area contributed by atoms with E-state index in [1.807, 2.05) is 36.4 Å². The van der Waals surface area contributed by atoms with Crippen LogP contribution in [0.5, 0.6) is 5.75 Å². The second kappa shape index (κ2) is 8.90. The monoisotopic (exact) mass is 352 g/mol. The molecule has 0 spiro atoms. The molecule has 0 aliphatic heterocycles. The molecule has 0 bridgehead atoms. The van der Waals surface area contributed by atoms with Gasteiger partial charge in [0.2, 0.25) is 0 Å². The van der Waals surface area contributed by atoms with Crippen LogP contribution in [0.4, 0.5) is 11.4 Å². The topological polar surface area (TPSA) is 33.3 Å². The summed E-state index contributed by atoms with van der Waals surface area (Å²) in [5.41, 5.74) is 2.00. The van der Waals surface area contributed by atoms with E-state index < -0.39 is 0 Å². The Morgan fingerprint density at radius 2 is 1.61 bits per heavy atom. The number of ether oxygens (including phenoxy) is 1. The molecule has 0 atom stereocenters. The predicted molar refractivity (Wildman–Crippen MR) is 100 cm³/mol. The van der Waals surface area contributed by atoms with E-state index in [9.17, 15) is 0 Å². The molecule has 2 rings (SSSR count). The Morgan fingerprint density at radius 3 is 2.26 bits per heavy atom. The number of nitrogens with one attached hydrogen (secondary N) is 2. The molecule has 0 heterocycles. The smallest absolute Gasteiger partial charge is 0.121 e. The third kappa shape index (κ3) is 6.20. The fourth-order valence-electron chi connectivity index (χ4n) is 1.98. The molecule has 0 aliphatic carbocycles. The molecule has 3 nitrogen and oxygen atoms in total. The average molecular weight is 353 g/mol. The van der Waals surface area contributed by atoms with Gasteiger partial charge in [-0.3, -0.25) is 0 Å². The Kier molecular flexibility index (Phi) is 6.87. The highest BCUT2D eigenvalue weighted by molar-refractivity contribution is 6.42. The number of anilines is 2. The quantitative estimate of drug-likeness (QED) is 0.610. The molecule has 23 heavy (non-hydrogen) atoms. The van der Waals surface area contributed by atoms with Gasteiger partial charge in [0.25, 0.3) is 0 Å². The lowest BCUT2D eigenvalue weighted by Gasteiger charge is -2.12. The first-order chi connectivity index (χ1) is 11.0. The maximum absolute atomic E-state index is 5.99. The van der Waals surface area contributed by atoms with Gasteiger partial charge in [0, 0.05) is 30.5 Å². The summed E-state index contributed by atoms with van der Waals surface area (Å²) in [6.07, 6.45) is 0. The Bertz CT molecular complexity index is 632. The van der Waals surface area contributed by atoms with Gasteiger partial charge >= 0.3 is 0 Å². The minimum Gasteiger partial charge on any atom is -0.493 e. The lowest BCUT2D eigenvalue weighted by atomic mass is 10.2. The molecule has 0 unspecified atom stereocenters. The SMILES string of the molecule is CC(C)COc1cccc(NCCNc2ccc(Cl)c(Cl)c2)c1. The fourth-order valence-corrected chi connectivity index (χ4v) is 2.28. The zero-order valence-electron chi connectivity index (χ0n) is 13.4. The van der Waals surface area contributed by atoms with E-state index in [1.54, 1.807) is 6.07 Å². The fraction of sp³-hybridized carbons (Fsp3) is 0.333. The molecule has 0 saturated carbocycles. The number of rotatable bonds is 8. The van der Waals surface area contributed by atoms with Crippen LogP contribution in [-0.4, -0.2) is 19.7 Å². The number of benzene rings is 2. The summed E-state index contributed by atoms with van der Waals surface area (Å²) in [4.78, 5) is 0. The van der Waals surface area contributed by atoms with E-state index in [1.165, 1.54) is 0 Å². The van der Waals surface area contributed by atoms with Crippen molar-refractivity contribution in [1.82, 2.24) is 0 Å². The molecule has 2 N–H and O–H groups in total. The van der Waals surface area contributed by atoms with Crippen molar-refractivity contribution in [1.29, 1.82) is 0 Å². The van der Waals surface area contributed by atoms with Gasteiger partial charge in [0.05, 0.1) is 16.7 Å². The minimum absolute atomic E-state index is 0.516. The van der Waals surface area contributed by atoms with Crippen molar-refractivity contribution >= 4 is 34.6 Å².